The molecule has 0 atom stereocenters. The van der Waals surface area contributed by atoms with Crippen LogP contribution >= 0.6 is 0 Å². The minimum atomic E-state index is -0.206. The van der Waals surface area contributed by atoms with Gasteiger partial charge in [-0.2, -0.15) is 4.98 Å². The van der Waals surface area contributed by atoms with E-state index in [0.717, 1.165) is 55.7 Å². The third-order valence-corrected chi connectivity index (χ3v) is 6.49. The molecule has 2 amide bonds. The number of anilines is 3. The number of nitrogens with zero attached hydrogens (tertiary/aromatic N) is 5. The van der Waals surface area contributed by atoms with Crippen LogP contribution in [0.15, 0.2) is 42.6 Å². The smallest absolute Gasteiger partial charge is 0.320 e. The molecule has 1 aliphatic heterocycles. The highest BCUT2D eigenvalue weighted by atomic mass is 16.2. The first-order valence-electron chi connectivity index (χ1n) is 12.2. The number of hydrogen-bond donors (Lipinski definition) is 3. The molecule has 0 unspecified atom stereocenters. The topological polar surface area (TPSA) is 98.3 Å². The average Bonchev–Trinajstić information content (AvgIpc) is 2.87. The molecule has 3 heterocycles. The van der Waals surface area contributed by atoms with E-state index in [1.807, 2.05) is 37.4 Å². The molecule has 1 aromatic carbocycles. The number of hydrogen-bond acceptors (Lipinski definition) is 7. The zero-order valence-electron chi connectivity index (χ0n) is 19.6. The number of benzene rings is 1. The maximum Gasteiger partial charge on any atom is 0.320 e. The average molecular weight is 461 g/mol. The Bertz CT molecular complexity index is 1130. The van der Waals surface area contributed by atoms with Crippen molar-refractivity contribution in [1.82, 2.24) is 30.6 Å². The maximum absolute atomic E-state index is 12.6. The minimum absolute atomic E-state index is 0.206. The summed E-state index contributed by atoms with van der Waals surface area (Å²) >= 11 is 0. The van der Waals surface area contributed by atoms with Gasteiger partial charge in [-0.3, -0.25) is 5.32 Å². The normalized spacial score (nSPS) is 17.4. The fourth-order valence-electron chi connectivity index (χ4n) is 4.69. The Kier molecular flexibility index (Phi) is 6.82. The molecule has 2 aromatic heterocycles. The molecule has 178 valence electrons. The number of pyridine rings is 1. The van der Waals surface area contributed by atoms with Crippen molar-refractivity contribution in [3.63, 3.8) is 0 Å². The van der Waals surface area contributed by atoms with Gasteiger partial charge >= 0.3 is 6.03 Å². The number of fused-ring (bicyclic) bond motifs is 1. The summed E-state index contributed by atoms with van der Waals surface area (Å²) in [5.74, 6) is 1.09. The number of aromatic nitrogens is 3. The highest BCUT2D eigenvalue weighted by Crippen LogP contribution is 2.27. The molecule has 34 heavy (non-hydrogen) atoms. The fraction of sp³-hybridized carbons (Fsp3) is 0.440. The fourth-order valence-corrected chi connectivity index (χ4v) is 4.69. The van der Waals surface area contributed by atoms with E-state index in [1.54, 1.807) is 0 Å². The van der Waals surface area contributed by atoms with Crippen LogP contribution in [0.1, 0.15) is 37.7 Å². The molecule has 0 radical (unpaired) electrons. The van der Waals surface area contributed by atoms with Gasteiger partial charge in [0.15, 0.2) is 5.65 Å². The monoisotopic (exact) mass is 460 g/mol. The predicted octanol–water partition coefficient (Wildman–Crippen LogP) is 3.75. The maximum atomic E-state index is 12.6. The van der Waals surface area contributed by atoms with E-state index in [2.05, 4.69) is 43.1 Å². The Morgan fingerprint density at radius 1 is 1.09 bits per heavy atom. The molecule has 0 spiro atoms. The standard InChI is InChI=1S/C25H32N8O/c1-18-16-19-17-27-24(33(21-10-6-3-7-11-21)32-14-12-26-13-15-32)30-23(19)29-22(18)31-25(34)28-20-8-4-2-5-9-20/h3,6-7,10-11,16-17,20,26H,2,4-5,8-9,12-15H2,1H3,(H2,27,28,29,30,31,34). The Labute approximate surface area is 199 Å². The van der Waals surface area contributed by atoms with Crippen LogP contribution in [-0.4, -0.2) is 58.2 Å². The van der Waals surface area contributed by atoms with Gasteiger partial charge in [-0.15, -0.1) is 0 Å². The molecule has 9 nitrogen and oxygen atoms in total. The number of nitrogens with one attached hydrogen (secondary N) is 3. The van der Waals surface area contributed by atoms with Gasteiger partial charge in [0.2, 0.25) is 5.95 Å². The summed E-state index contributed by atoms with van der Waals surface area (Å²) in [6.45, 7) is 5.45. The van der Waals surface area contributed by atoms with Gasteiger partial charge in [0.05, 0.1) is 5.69 Å². The molecular formula is C25H32N8O. The number of carbonyl (C=O) groups excluding carboxylic acids is 1. The summed E-state index contributed by atoms with van der Waals surface area (Å²) in [5.41, 5.74) is 2.44. The Hall–Kier alpha value is -3.30. The highest BCUT2D eigenvalue weighted by molar-refractivity contribution is 5.91. The number of carbonyl (C=O) groups is 1. The minimum Gasteiger partial charge on any atom is -0.335 e. The number of piperazine rings is 1. The molecule has 3 N–H and O–H groups in total. The second kappa shape index (κ2) is 10.3. The number of amides is 2. The van der Waals surface area contributed by atoms with Gasteiger partial charge in [0, 0.05) is 43.8 Å². The lowest BCUT2D eigenvalue weighted by Gasteiger charge is -2.37. The molecule has 0 bridgehead atoms. The molecule has 1 saturated heterocycles. The van der Waals surface area contributed by atoms with Crippen molar-refractivity contribution in [3.8, 4) is 0 Å². The van der Waals surface area contributed by atoms with Gasteiger partial charge in [0.25, 0.3) is 0 Å². The van der Waals surface area contributed by atoms with Crippen molar-refractivity contribution in [2.45, 2.75) is 45.1 Å². The summed E-state index contributed by atoms with van der Waals surface area (Å²) in [7, 11) is 0. The second-order valence-electron chi connectivity index (χ2n) is 9.02. The molecule has 2 aliphatic rings. The molecule has 1 saturated carbocycles. The summed E-state index contributed by atoms with van der Waals surface area (Å²) in [5, 5.41) is 14.6. The van der Waals surface area contributed by atoms with Crippen LogP contribution in [-0.2, 0) is 0 Å². The molecule has 1 aliphatic carbocycles. The van der Waals surface area contributed by atoms with Crippen LogP contribution in [0.3, 0.4) is 0 Å². The molecule has 5 rings (SSSR count). The predicted molar refractivity (Wildman–Crippen MR) is 134 cm³/mol. The SMILES string of the molecule is Cc1cc2cnc(N(c3ccccc3)N3CCNCC3)nc2nc1NC(=O)NC1CCCCC1. The van der Waals surface area contributed by atoms with E-state index < -0.39 is 0 Å². The second-order valence-corrected chi connectivity index (χ2v) is 9.02. The van der Waals surface area contributed by atoms with Crippen molar-refractivity contribution in [2.75, 3.05) is 36.5 Å². The number of urea groups is 1. The van der Waals surface area contributed by atoms with Gasteiger partial charge in [-0.05, 0) is 43.5 Å². The molecule has 9 heteroatoms. The lowest BCUT2D eigenvalue weighted by molar-refractivity contribution is 0.240. The van der Waals surface area contributed by atoms with Crippen molar-refractivity contribution in [2.24, 2.45) is 0 Å². The van der Waals surface area contributed by atoms with Crippen LogP contribution in [0.25, 0.3) is 11.0 Å². The van der Waals surface area contributed by atoms with Crippen LogP contribution < -0.4 is 21.0 Å². The Morgan fingerprint density at radius 3 is 2.62 bits per heavy atom. The lowest BCUT2D eigenvalue weighted by atomic mass is 9.96. The zero-order valence-corrected chi connectivity index (χ0v) is 19.6. The van der Waals surface area contributed by atoms with E-state index in [4.69, 9.17) is 9.97 Å². The largest absolute Gasteiger partial charge is 0.335 e. The van der Waals surface area contributed by atoms with Crippen molar-refractivity contribution < 1.29 is 4.79 Å². The van der Waals surface area contributed by atoms with Crippen molar-refractivity contribution in [1.29, 1.82) is 0 Å². The van der Waals surface area contributed by atoms with Crippen molar-refractivity contribution >= 4 is 34.5 Å². The first kappa shape index (κ1) is 22.5. The van der Waals surface area contributed by atoms with Crippen LogP contribution in [0, 0.1) is 6.92 Å². The first-order valence-corrected chi connectivity index (χ1v) is 12.2. The first-order chi connectivity index (χ1) is 16.7. The number of rotatable bonds is 5. The Morgan fingerprint density at radius 2 is 1.85 bits per heavy atom. The molecule has 2 fully saturated rings. The summed E-state index contributed by atoms with van der Waals surface area (Å²) in [6, 6.07) is 12.1. The van der Waals surface area contributed by atoms with E-state index in [9.17, 15) is 4.79 Å². The third-order valence-electron chi connectivity index (χ3n) is 6.49. The Balaban J connectivity index is 1.42. The zero-order chi connectivity index (χ0) is 23.3. The van der Waals surface area contributed by atoms with Gasteiger partial charge in [0.1, 0.15) is 5.82 Å². The van der Waals surface area contributed by atoms with Crippen LogP contribution in [0.4, 0.5) is 22.2 Å². The van der Waals surface area contributed by atoms with E-state index in [-0.39, 0.29) is 12.1 Å². The third kappa shape index (κ3) is 5.10. The van der Waals surface area contributed by atoms with Crippen LogP contribution in [0.5, 0.6) is 0 Å². The van der Waals surface area contributed by atoms with Crippen molar-refractivity contribution in [3.05, 3.63) is 48.2 Å². The summed E-state index contributed by atoms with van der Waals surface area (Å²) < 4.78 is 0. The van der Waals surface area contributed by atoms with Crippen LogP contribution in [0.2, 0.25) is 0 Å². The number of hydrazine groups is 1. The number of aryl methyl sites for hydroxylation is 1. The summed E-state index contributed by atoms with van der Waals surface area (Å²) in [6.07, 6.45) is 7.47. The molecular weight excluding hydrogens is 428 g/mol. The highest BCUT2D eigenvalue weighted by Gasteiger charge is 2.23. The van der Waals surface area contributed by atoms with Gasteiger partial charge in [-0.25, -0.2) is 24.8 Å². The van der Waals surface area contributed by atoms with E-state index >= 15 is 0 Å². The van der Waals surface area contributed by atoms with E-state index in [1.165, 1.54) is 19.3 Å². The number of para-hydroxylation sites is 1. The van der Waals surface area contributed by atoms with Gasteiger partial charge in [-0.1, -0.05) is 37.5 Å². The molecule has 3 aromatic rings. The van der Waals surface area contributed by atoms with Gasteiger partial charge < -0.3 is 10.6 Å². The lowest BCUT2D eigenvalue weighted by Crippen LogP contribution is -2.51. The summed E-state index contributed by atoms with van der Waals surface area (Å²) in [4.78, 5) is 26.8. The van der Waals surface area contributed by atoms with E-state index in [0.29, 0.717) is 17.4 Å². The quantitative estimate of drug-likeness (QED) is 0.533.